The SMILES string of the molecule is COc1cc2ncnc(Nc3ccc(Cl)c(Cl)c3F)c2cc1C1CN(C#N)C1. The molecule has 1 N–H and O–H groups in total. The standard InChI is InChI=1S/C19H14Cl2FN5O/c1-28-16-5-15-12(4-11(16)10-6-27(7-10)8-23)19(25-9-24-15)26-14-3-2-13(20)17(21)18(14)22/h2-5,9-10H,6-7H2,1H3,(H,24,25,26). The fourth-order valence-corrected chi connectivity index (χ4v) is 3.51. The summed E-state index contributed by atoms with van der Waals surface area (Å²) < 4.78 is 20.0. The summed E-state index contributed by atoms with van der Waals surface area (Å²) in [7, 11) is 1.59. The van der Waals surface area contributed by atoms with E-state index in [1.165, 1.54) is 18.5 Å². The fourth-order valence-electron chi connectivity index (χ4n) is 3.20. The summed E-state index contributed by atoms with van der Waals surface area (Å²) in [5, 5.41) is 12.6. The topological polar surface area (TPSA) is 74.1 Å². The van der Waals surface area contributed by atoms with Gasteiger partial charge >= 0.3 is 0 Å². The number of nitriles is 1. The molecule has 0 bridgehead atoms. The van der Waals surface area contributed by atoms with Crippen molar-refractivity contribution in [3.63, 3.8) is 0 Å². The molecule has 9 heteroatoms. The zero-order valence-corrected chi connectivity index (χ0v) is 16.2. The highest BCUT2D eigenvalue weighted by Gasteiger charge is 2.30. The Morgan fingerprint density at radius 2 is 2.07 bits per heavy atom. The van der Waals surface area contributed by atoms with Gasteiger partial charge in [-0.25, -0.2) is 14.4 Å². The van der Waals surface area contributed by atoms with Gasteiger partial charge in [0, 0.05) is 36.0 Å². The molecule has 6 nitrogen and oxygen atoms in total. The molecule has 4 rings (SSSR count). The Bertz CT molecular complexity index is 1110. The molecule has 0 atom stereocenters. The lowest BCUT2D eigenvalue weighted by atomic mass is 9.90. The molecule has 1 fully saturated rings. The number of fused-ring (bicyclic) bond motifs is 1. The average molecular weight is 418 g/mol. The maximum Gasteiger partial charge on any atom is 0.179 e. The van der Waals surface area contributed by atoms with E-state index in [-0.39, 0.29) is 21.7 Å². The minimum atomic E-state index is -0.654. The van der Waals surface area contributed by atoms with Crippen LogP contribution in [0.5, 0.6) is 5.75 Å². The number of nitrogens with zero attached hydrogens (tertiary/aromatic N) is 4. The summed E-state index contributed by atoms with van der Waals surface area (Å²) in [5.41, 5.74) is 1.76. The zero-order valence-electron chi connectivity index (χ0n) is 14.7. The van der Waals surface area contributed by atoms with Crippen molar-refractivity contribution in [2.24, 2.45) is 0 Å². The van der Waals surface area contributed by atoms with Gasteiger partial charge in [-0.2, -0.15) is 5.26 Å². The largest absolute Gasteiger partial charge is 0.496 e. The van der Waals surface area contributed by atoms with E-state index in [4.69, 9.17) is 33.2 Å². The second-order valence-corrected chi connectivity index (χ2v) is 7.17. The molecule has 0 radical (unpaired) electrons. The molecule has 1 aromatic heterocycles. The van der Waals surface area contributed by atoms with Gasteiger partial charge in [-0.1, -0.05) is 23.2 Å². The van der Waals surface area contributed by atoms with Gasteiger partial charge in [-0.15, -0.1) is 0 Å². The fraction of sp³-hybridized carbons (Fsp3) is 0.211. The van der Waals surface area contributed by atoms with E-state index in [0.717, 1.165) is 5.56 Å². The first-order valence-electron chi connectivity index (χ1n) is 8.39. The number of nitrogens with one attached hydrogen (secondary N) is 1. The lowest BCUT2D eigenvalue weighted by Gasteiger charge is -2.36. The molecule has 28 heavy (non-hydrogen) atoms. The monoisotopic (exact) mass is 417 g/mol. The summed E-state index contributed by atoms with van der Waals surface area (Å²) in [4.78, 5) is 10.2. The van der Waals surface area contributed by atoms with Crippen LogP contribution < -0.4 is 10.1 Å². The third-order valence-electron chi connectivity index (χ3n) is 4.74. The summed E-state index contributed by atoms with van der Waals surface area (Å²) in [6, 6.07) is 6.75. The Morgan fingerprint density at radius 1 is 1.29 bits per heavy atom. The van der Waals surface area contributed by atoms with E-state index in [9.17, 15) is 4.39 Å². The number of anilines is 2. The minimum Gasteiger partial charge on any atom is -0.496 e. The third kappa shape index (κ3) is 3.15. The number of ether oxygens (including phenoxy) is 1. The highest BCUT2D eigenvalue weighted by atomic mass is 35.5. The molecule has 2 aromatic carbocycles. The van der Waals surface area contributed by atoms with E-state index in [2.05, 4.69) is 21.5 Å². The van der Waals surface area contributed by atoms with Crippen LogP contribution in [0.2, 0.25) is 10.0 Å². The molecule has 1 saturated heterocycles. The second kappa shape index (κ2) is 7.30. The number of halogens is 3. The number of aromatic nitrogens is 2. The number of benzene rings is 2. The Kier molecular flexibility index (Phi) is 4.84. The summed E-state index contributed by atoms with van der Waals surface area (Å²) in [6.45, 7) is 1.24. The highest BCUT2D eigenvalue weighted by Crippen LogP contribution is 2.38. The van der Waals surface area contributed by atoms with Crippen LogP contribution >= 0.6 is 23.2 Å². The van der Waals surface area contributed by atoms with E-state index in [1.54, 1.807) is 12.0 Å². The van der Waals surface area contributed by atoms with E-state index >= 15 is 0 Å². The molecule has 1 aliphatic heterocycles. The number of hydrogen-bond acceptors (Lipinski definition) is 6. The van der Waals surface area contributed by atoms with Crippen molar-refractivity contribution in [1.29, 1.82) is 5.26 Å². The van der Waals surface area contributed by atoms with E-state index in [0.29, 0.717) is 35.6 Å². The quantitative estimate of drug-likeness (QED) is 0.489. The first-order chi connectivity index (χ1) is 13.5. The Balaban J connectivity index is 1.77. The normalized spacial score (nSPS) is 13.9. The van der Waals surface area contributed by atoms with Crippen LogP contribution in [-0.2, 0) is 0 Å². The second-order valence-electron chi connectivity index (χ2n) is 6.38. The van der Waals surface area contributed by atoms with Crippen LogP contribution in [-0.4, -0.2) is 35.1 Å². The van der Waals surface area contributed by atoms with Crippen molar-refractivity contribution in [3.8, 4) is 11.9 Å². The van der Waals surface area contributed by atoms with Crippen molar-refractivity contribution in [2.75, 3.05) is 25.5 Å². The molecule has 0 saturated carbocycles. The minimum absolute atomic E-state index is 0.135. The van der Waals surface area contributed by atoms with Crippen LogP contribution in [0.1, 0.15) is 11.5 Å². The molecular formula is C19H14Cl2FN5O. The Hall–Kier alpha value is -2.82. The molecule has 142 valence electrons. The van der Waals surface area contributed by atoms with E-state index in [1.807, 2.05) is 12.1 Å². The lowest BCUT2D eigenvalue weighted by molar-refractivity contribution is 0.228. The number of hydrogen-bond donors (Lipinski definition) is 1. The number of rotatable bonds is 4. The number of likely N-dealkylation sites (tertiary alicyclic amines) is 1. The average Bonchev–Trinajstić information content (AvgIpc) is 2.67. The lowest BCUT2D eigenvalue weighted by Crippen LogP contribution is -2.41. The smallest absolute Gasteiger partial charge is 0.179 e. The van der Waals surface area contributed by atoms with Crippen LogP contribution in [0.3, 0.4) is 0 Å². The van der Waals surface area contributed by atoms with Gasteiger partial charge in [-0.3, -0.25) is 0 Å². The van der Waals surface area contributed by atoms with Crippen LogP contribution in [0.15, 0.2) is 30.6 Å². The maximum absolute atomic E-state index is 14.4. The van der Waals surface area contributed by atoms with Gasteiger partial charge in [0.05, 0.1) is 28.4 Å². The van der Waals surface area contributed by atoms with Crippen molar-refractivity contribution in [2.45, 2.75) is 5.92 Å². The van der Waals surface area contributed by atoms with Crippen LogP contribution in [0.25, 0.3) is 10.9 Å². The molecule has 1 aliphatic rings. The van der Waals surface area contributed by atoms with Crippen LogP contribution in [0.4, 0.5) is 15.9 Å². The molecule has 0 amide bonds. The summed E-state index contributed by atoms with van der Waals surface area (Å²) in [6.07, 6.45) is 3.52. The molecular weight excluding hydrogens is 404 g/mol. The summed E-state index contributed by atoms with van der Waals surface area (Å²) >= 11 is 11.8. The Morgan fingerprint density at radius 3 is 2.79 bits per heavy atom. The predicted octanol–water partition coefficient (Wildman–Crippen LogP) is 4.71. The first kappa shape index (κ1) is 18.5. The Labute approximate surface area is 170 Å². The number of methoxy groups -OCH3 is 1. The molecule has 2 heterocycles. The van der Waals surface area contributed by atoms with Crippen molar-refractivity contribution >= 4 is 45.6 Å². The maximum atomic E-state index is 14.4. The first-order valence-corrected chi connectivity index (χ1v) is 9.15. The van der Waals surface area contributed by atoms with Gasteiger partial charge in [0.1, 0.15) is 17.9 Å². The summed E-state index contributed by atoms with van der Waals surface area (Å²) in [5.74, 6) is 0.634. The molecule has 0 spiro atoms. The predicted molar refractivity (Wildman–Crippen MR) is 106 cm³/mol. The molecule has 3 aromatic rings. The van der Waals surface area contributed by atoms with Gasteiger partial charge in [0.15, 0.2) is 12.0 Å². The molecule has 0 unspecified atom stereocenters. The molecule has 0 aliphatic carbocycles. The van der Waals surface area contributed by atoms with Crippen LogP contribution in [0, 0.1) is 17.3 Å². The zero-order chi connectivity index (χ0) is 19.8. The third-order valence-corrected chi connectivity index (χ3v) is 5.52. The van der Waals surface area contributed by atoms with E-state index < -0.39 is 5.82 Å². The van der Waals surface area contributed by atoms with Gasteiger partial charge < -0.3 is 15.0 Å². The van der Waals surface area contributed by atoms with Gasteiger partial charge in [-0.05, 0) is 18.2 Å². The van der Waals surface area contributed by atoms with Crippen molar-refractivity contribution in [1.82, 2.24) is 14.9 Å². The van der Waals surface area contributed by atoms with Gasteiger partial charge in [0.25, 0.3) is 0 Å². The van der Waals surface area contributed by atoms with Gasteiger partial charge in [0.2, 0.25) is 0 Å². The van der Waals surface area contributed by atoms with Crippen molar-refractivity contribution in [3.05, 3.63) is 52.0 Å². The van der Waals surface area contributed by atoms with Crippen molar-refractivity contribution < 1.29 is 9.13 Å². The highest BCUT2D eigenvalue weighted by molar-refractivity contribution is 6.42.